The van der Waals surface area contributed by atoms with Gasteiger partial charge in [-0.2, -0.15) is 0 Å². The molecule has 3 aliphatic rings. The highest BCUT2D eigenvalue weighted by atomic mass is 16.5. The molecule has 2 heterocycles. The fourth-order valence-corrected chi connectivity index (χ4v) is 4.39. The zero-order valence-electron chi connectivity index (χ0n) is 17.0. The molecule has 2 aliphatic heterocycles. The molecule has 2 saturated heterocycles. The number of rotatable bonds is 7. The second-order valence-corrected chi connectivity index (χ2v) is 8.01. The third kappa shape index (κ3) is 5.57. The Morgan fingerprint density at radius 2 is 1.93 bits per heavy atom. The average molecular weight is 395 g/mol. The summed E-state index contributed by atoms with van der Waals surface area (Å²) in [7, 11) is 1.75. The Hall–Kier alpha value is -1.87. The number of guanidine groups is 1. The summed E-state index contributed by atoms with van der Waals surface area (Å²) in [4.78, 5) is 31.3. The van der Waals surface area contributed by atoms with Crippen LogP contribution in [0.3, 0.4) is 0 Å². The molecule has 9 heteroatoms. The van der Waals surface area contributed by atoms with E-state index in [1.807, 2.05) is 0 Å². The first-order chi connectivity index (χ1) is 13.6. The van der Waals surface area contributed by atoms with Crippen LogP contribution in [0.25, 0.3) is 0 Å². The van der Waals surface area contributed by atoms with Crippen LogP contribution >= 0.6 is 0 Å². The lowest BCUT2D eigenvalue weighted by atomic mass is 9.73. The van der Waals surface area contributed by atoms with Gasteiger partial charge in [0.05, 0.1) is 19.8 Å². The molecular weight excluding hydrogens is 360 g/mol. The Labute approximate surface area is 167 Å². The van der Waals surface area contributed by atoms with Crippen LogP contribution in [0, 0.1) is 5.41 Å². The number of hydrogen-bond acceptors (Lipinski definition) is 5. The molecule has 1 saturated carbocycles. The van der Waals surface area contributed by atoms with Gasteiger partial charge < -0.3 is 20.7 Å². The number of imide groups is 1. The van der Waals surface area contributed by atoms with E-state index in [1.165, 1.54) is 37.0 Å². The van der Waals surface area contributed by atoms with E-state index >= 15 is 0 Å². The van der Waals surface area contributed by atoms with Gasteiger partial charge in [-0.05, 0) is 12.8 Å². The SMILES string of the molecule is CN=C(NCCN1C(=O)CNC1=O)NCC1(CN2CCOCC2)CCCCC1. The molecule has 0 radical (unpaired) electrons. The van der Waals surface area contributed by atoms with Crippen molar-refractivity contribution in [3.8, 4) is 0 Å². The minimum Gasteiger partial charge on any atom is -0.379 e. The number of ether oxygens (including phenoxy) is 1. The van der Waals surface area contributed by atoms with Crippen molar-refractivity contribution in [3.63, 3.8) is 0 Å². The molecule has 28 heavy (non-hydrogen) atoms. The number of nitrogens with zero attached hydrogens (tertiary/aromatic N) is 3. The molecule has 3 amide bonds. The summed E-state index contributed by atoms with van der Waals surface area (Å²) in [5.74, 6) is 0.542. The molecule has 3 fully saturated rings. The molecule has 0 aromatic carbocycles. The average Bonchev–Trinajstić information content (AvgIpc) is 3.04. The molecule has 0 aromatic rings. The largest absolute Gasteiger partial charge is 0.379 e. The molecule has 0 aromatic heterocycles. The first-order valence-corrected chi connectivity index (χ1v) is 10.4. The van der Waals surface area contributed by atoms with Gasteiger partial charge in [-0.25, -0.2) is 4.79 Å². The van der Waals surface area contributed by atoms with Crippen LogP contribution in [0.1, 0.15) is 32.1 Å². The maximum Gasteiger partial charge on any atom is 0.324 e. The third-order valence-corrected chi connectivity index (χ3v) is 6.00. The Morgan fingerprint density at radius 3 is 2.57 bits per heavy atom. The van der Waals surface area contributed by atoms with Crippen molar-refractivity contribution in [2.24, 2.45) is 10.4 Å². The standard InChI is InChI=1S/C19H34N6O3/c1-20-17(21-7-8-25-16(26)13-22-18(25)27)23-14-19(5-3-2-4-6-19)15-24-9-11-28-12-10-24/h2-15H2,1H3,(H,22,27)(H2,20,21,23). The van der Waals surface area contributed by atoms with Gasteiger partial charge in [0.2, 0.25) is 5.91 Å². The number of nitrogens with one attached hydrogen (secondary N) is 3. The highest BCUT2D eigenvalue weighted by molar-refractivity contribution is 6.01. The number of aliphatic imine (C=N–C) groups is 1. The lowest BCUT2D eigenvalue weighted by Crippen LogP contribution is -2.51. The number of morpholine rings is 1. The van der Waals surface area contributed by atoms with Gasteiger partial charge in [0.1, 0.15) is 0 Å². The summed E-state index contributed by atoms with van der Waals surface area (Å²) < 4.78 is 5.50. The normalized spacial score (nSPS) is 23.6. The van der Waals surface area contributed by atoms with E-state index in [-0.39, 0.29) is 23.9 Å². The van der Waals surface area contributed by atoms with E-state index in [9.17, 15) is 9.59 Å². The van der Waals surface area contributed by atoms with Crippen molar-refractivity contribution in [2.75, 3.05) is 66.1 Å². The van der Waals surface area contributed by atoms with Crippen LogP contribution < -0.4 is 16.0 Å². The molecule has 158 valence electrons. The lowest BCUT2D eigenvalue weighted by molar-refractivity contribution is -0.124. The van der Waals surface area contributed by atoms with E-state index in [2.05, 4.69) is 25.8 Å². The van der Waals surface area contributed by atoms with Crippen LogP contribution in [-0.2, 0) is 9.53 Å². The van der Waals surface area contributed by atoms with Gasteiger partial charge in [0.15, 0.2) is 5.96 Å². The quantitative estimate of drug-likeness (QED) is 0.319. The number of carbonyl (C=O) groups excluding carboxylic acids is 2. The predicted molar refractivity (Wildman–Crippen MR) is 107 cm³/mol. The van der Waals surface area contributed by atoms with Crippen molar-refractivity contribution in [2.45, 2.75) is 32.1 Å². The van der Waals surface area contributed by atoms with Gasteiger partial charge in [0, 0.05) is 51.7 Å². The lowest BCUT2D eigenvalue weighted by Gasteiger charge is -2.42. The van der Waals surface area contributed by atoms with Gasteiger partial charge in [-0.15, -0.1) is 0 Å². The van der Waals surface area contributed by atoms with Crippen LogP contribution in [-0.4, -0.2) is 93.8 Å². The third-order valence-electron chi connectivity index (χ3n) is 6.00. The first-order valence-electron chi connectivity index (χ1n) is 10.4. The van der Waals surface area contributed by atoms with Crippen LogP contribution in [0.15, 0.2) is 4.99 Å². The summed E-state index contributed by atoms with van der Waals surface area (Å²) in [5, 5.41) is 9.26. The first kappa shape index (κ1) is 20.9. The number of carbonyl (C=O) groups is 2. The smallest absolute Gasteiger partial charge is 0.324 e. The summed E-state index contributed by atoms with van der Waals surface area (Å²) >= 11 is 0. The number of hydrogen-bond donors (Lipinski definition) is 3. The van der Waals surface area contributed by atoms with E-state index in [4.69, 9.17) is 4.74 Å². The Morgan fingerprint density at radius 1 is 1.18 bits per heavy atom. The summed E-state index contributed by atoms with van der Waals surface area (Å²) in [6, 6.07) is -0.318. The molecule has 3 N–H and O–H groups in total. The van der Waals surface area contributed by atoms with Gasteiger partial charge >= 0.3 is 6.03 Å². The Kier molecular flexibility index (Phi) is 7.50. The Balaban J connectivity index is 1.48. The minimum atomic E-state index is -0.318. The maximum absolute atomic E-state index is 11.6. The van der Waals surface area contributed by atoms with Crippen molar-refractivity contribution in [3.05, 3.63) is 0 Å². The van der Waals surface area contributed by atoms with Crippen LogP contribution in [0.5, 0.6) is 0 Å². The van der Waals surface area contributed by atoms with E-state index < -0.39 is 0 Å². The van der Waals surface area contributed by atoms with Crippen molar-refractivity contribution < 1.29 is 14.3 Å². The highest BCUT2D eigenvalue weighted by Crippen LogP contribution is 2.36. The molecule has 9 nitrogen and oxygen atoms in total. The van der Waals surface area contributed by atoms with Gasteiger partial charge in [-0.1, -0.05) is 19.3 Å². The van der Waals surface area contributed by atoms with Gasteiger partial charge in [-0.3, -0.25) is 19.6 Å². The monoisotopic (exact) mass is 394 g/mol. The van der Waals surface area contributed by atoms with Crippen LogP contribution in [0.2, 0.25) is 0 Å². The zero-order valence-corrected chi connectivity index (χ0v) is 17.0. The molecule has 0 bridgehead atoms. The fraction of sp³-hybridized carbons (Fsp3) is 0.842. The summed E-state index contributed by atoms with van der Waals surface area (Å²) in [6.45, 7) is 6.58. The molecule has 1 aliphatic carbocycles. The van der Waals surface area contributed by atoms with Crippen molar-refractivity contribution in [1.82, 2.24) is 25.8 Å². The molecule has 0 atom stereocenters. The molecule has 0 unspecified atom stereocenters. The predicted octanol–water partition coefficient (Wildman–Crippen LogP) is -0.0141. The number of urea groups is 1. The second-order valence-electron chi connectivity index (χ2n) is 8.01. The second kappa shape index (κ2) is 10.1. The highest BCUT2D eigenvalue weighted by Gasteiger charge is 2.34. The topological polar surface area (TPSA) is 98.3 Å². The van der Waals surface area contributed by atoms with E-state index in [1.54, 1.807) is 7.05 Å². The van der Waals surface area contributed by atoms with E-state index in [0.29, 0.717) is 13.1 Å². The summed E-state index contributed by atoms with van der Waals surface area (Å²) in [5.41, 5.74) is 0.262. The van der Waals surface area contributed by atoms with Crippen LogP contribution in [0.4, 0.5) is 4.79 Å². The summed E-state index contributed by atoms with van der Waals surface area (Å²) in [6.07, 6.45) is 6.35. The maximum atomic E-state index is 11.6. The molecule has 3 rings (SSSR count). The van der Waals surface area contributed by atoms with Crippen molar-refractivity contribution in [1.29, 1.82) is 0 Å². The van der Waals surface area contributed by atoms with Crippen molar-refractivity contribution >= 4 is 17.9 Å². The fourth-order valence-electron chi connectivity index (χ4n) is 4.39. The van der Waals surface area contributed by atoms with Gasteiger partial charge in [0.25, 0.3) is 0 Å². The molecule has 0 spiro atoms. The zero-order chi connectivity index (χ0) is 19.8. The van der Waals surface area contributed by atoms with E-state index in [0.717, 1.165) is 45.4 Å². The number of amides is 3. The molecular formula is C19H34N6O3. The Bertz CT molecular complexity index is 554. The minimum absolute atomic E-state index is 0.0931.